The Morgan fingerprint density at radius 1 is 1.46 bits per heavy atom. The molecule has 1 N–H and O–H groups in total. The lowest BCUT2D eigenvalue weighted by Crippen LogP contribution is -2.53. The van der Waals surface area contributed by atoms with Crippen molar-refractivity contribution in [2.24, 2.45) is 0 Å². The molecule has 2 fully saturated rings. The molecule has 0 aliphatic carbocycles. The number of hydrogen-bond acceptors (Lipinski definition) is 3. The van der Waals surface area contributed by atoms with Crippen molar-refractivity contribution in [3.63, 3.8) is 0 Å². The molecule has 2 saturated heterocycles. The van der Waals surface area contributed by atoms with Gasteiger partial charge >= 0.3 is 5.97 Å². The van der Waals surface area contributed by atoms with Crippen molar-refractivity contribution in [1.82, 2.24) is 10.0 Å². The van der Waals surface area contributed by atoms with E-state index in [0.717, 1.165) is 13.0 Å². The molecule has 2 rings (SSSR count). The summed E-state index contributed by atoms with van der Waals surface area (Å²) in [6.07, 6.45) is 1.90. The number of carbonyl (C=O) groups excluding carboxylic acids is 1. The first kappa shape index (κ1) is 8.50. The number of hydrazine groups is 1. The molecule has 0 aromatic carbocycles. The molecule has 2 aliphatic rings. The largest absolute Gasteiger partial charge is 0.480 e. The second-order valence-electron chi connectivity index (χ2n) is 3.44. The lowest BCUT2D eigenvalue weighted by molar-refractivity contribution is -0.164. The predicted octanol–water partition coefficient (Wildman–Crippen LogP) is -0.317. The van der Waals surface area contributed by atoms with Gasteiger partial charge in [0.15, 0.2) is 0 Å². The fourth-order valence-electron chi connectivity index (χ4n) is 2.01. The highest BCUT2D eigenvalue weighted by molar-refractivity contribution is 5.84. The highest BCUT2D eigenvalue weighted by atomic mass is 16.4. The number of nitrogens with zero attached hydrogens (tertiary/aromatic N) is 2. The van der Waals surface area contributed by atoms with Crippen molar-refractivity contribution in [2.45, 2.75) is 25.3 Å². The third kappa shape index (κ3) is 1.29. The molecular weight excluding hydrogens is 172 g/mol. The Morgan fingerprint density at radius 3 is 2.92 bits per heavy atom. The van der Waals surface area contributed by atoms with Gasteiger partial charge in [0, 0.05) is 19.5 Å². The first-order valence-corrected chi connectivity index (χ1v) is 4.50. The summed E-state index contributed by atoms with van der Waals surface area (Å²) < 4.78 is 0. The van der Waals surface area contributed by atoms with E-state index in [9.17, 15) is 9.59 Å². The van der Waals surface area contributed by atoms with Gasteiger partial charge in [-0.2, -0.15) is 0 Å². The van der Waals surface area contributed by atoms with Gasteiger partial charge in [-0.1, -0.05) is 0 Å². The van der Waals surface area contributed by atoms with Gasteiger partial charge in [0.05, 0.1) is 0 Å². The maximum absolute atomic E-state index is 11.3. The van der Waals surface area contributed by atoms with Crippen LogP contribution in [0.1, 0.15) is 19.3 Å². The van der Waals surface area contributed by atoms with Gasteiger partial charge in [0.25, 0.3) is 0 Å². The van der Waals surface area contributed by atoms with E-state index in [4.69, 9.17) is 5.11 Å². The lowest BCUT2D eigenvalue weighted by Gasteiger charge is -2.37. The summed E-state index contributed by atoms with van der Waals surface area (Å²) in [4.78, 5) is 22.2. The number of amides is 1. The highest BCUT2D eigenvalue weighted by Crippen LogP contribution is 2.24. The molecule has 0 aromatic heterocycles. The predicted molar refractivity (Wildman–Crippen MR) is 43.7 cm³/mol. The maximum atomic E-state index is 11.3. The van der Waals surface area contributed by atoms with Crippen LogP contribution in [0.2, 0.25) is 0 Å². The SMILES string of the molecule is O=C(O)C1CCCN2CCC(=O)N12. The summed E-state index contributed by atoms with van der Waals surface area (Å²) in [5.41, 5.74) is 0. The van der Waals surface area contributed by atoms with E-state index in [-0.39, 0.29) is 5.91 Å². The van der Waals surface area contributed by atoms with Gasteiger partial charge in [0.2, 0.25) is 5.91 Å². The number of rotatable bonds is 1. The number of carboxylic acid groups (broad SMARTS) is 1. The molecule has 72 valence electrons. The molecule has 1 atom stereocenters. The third-order valence-electron chi connectivity index (χ3n) is 2.62. The zero-order chi connectivity index (χ0) is 9.42. The highest BCUT2D eigenvalue weighted by Gasteiger charge is 2.40. The van der Waals surface area contributed by atoms with Gasteiger partial charge in [-0.15, -0.1) is 0 Å². The van der Waals surface area contributed by atoms with E-state index in [1.807, 2.05) is 5.01 Å². The van der Waals surface area contributed by atoms with Crippen LogP contribution in [0.15, 0.2) is 0 Å². The monoisotopic (exact) mass is 184 g/mol. The van der Waals surface area contributed by atoms with Gasteiger partial charge in [-0.05, 0) is 12.8 Å². The Balaban J connectivity index is 2.19. The molecule has 13 heavy (non-hydrogen) atoms. The van der Waals surface area contributed by atoms with Crippen LogP contribution in [-0.2, 0) is 9.59 Å². The van der Waals surface area contributed by atoms with E-state index in [1.165, 1.54) is 5.01 Å². The summed E-state index contributed by atoms with van der Waals surface area (Å²) in [6, 6.07) is -0.622. The van der Waals surface area contributed by atoms with Gasteiger partial charge in [-0.3, -0.25) is 9.80 Å². The summed E-state index contributed by atoms with van der Waals surface area (Å²) in [5, 5.41) is 12.2. The van der Waals surface area contributed by atoms with Crippen molar-refractivity contribution in [3.05, 3.63) is 0 Å². The normalized spacial score (nSPS) is 29.1. The number of fused-ring (bicyclic) bond motifs is 1. The molecule has 5 heteroatoms. The quantitative estimate of drug-likeness (QED) is 0.607. The van der Waals surface area contributed by atoms with E-state index in [1.54, 1.807) is 0 Å². The molecule has 0 saturated carbocycles. The van der Waals surface area contributed by atoms with Crippen molar-refractivity contribution in [2.75, 3.05) is 13.1 Å². The fourth-order valence-corrected chi connectivity index (χ4v) is 2.01. The second kappa shape index (κ2) is 2.99. The first-order valence-electron chi connectivity index (χ1n) is 4.50. The van der Waals surface area contributed by atoms with Crippen molar-refractivity contribution >= 4 is 11.9 Å². The summed E-state index contributed by atoms with van der Waals surface area (Å²) in [5.74, 6) is -0.938. The lowest BCUT2D eigenvalue weighted by atomic mass is 10.1. The molecular formula is C8H12N2O3. The molecule has 2 heterocycles. The van der Waals surface area contributed by atoms with Crippen molar-refractivity contribution in [3.8, 4) is 0 Å². The molecule has 0 bridgehead atoms. The van der Waals surface area contributed by atoms with Crippen LogP contribution >= 0.6 is 0 Å². The van der Waals surface area contributed by atoms with Crippen LogP contribution in [-0.4, -0.2) is 46.1 Å². The Morgan fingerprint density at radius 2 is 2.23 bits per heavy atom. The zero-order valence-electron chi connectivity index (χ0n) is 7.27. The van der Waals surface area contributed by atoms with Crippen LogP contribution < -0.4 is 0 Å². The van der Waals surface area contributed by atoms with E-state index < -0.39 is 12.0 Å². The summed E-state index contributed by atoms with van der Waals surface area (Å²) in [7, 11) is 0. The Labute approximate surface area is 75.9 Å². The minimum Gasteiger partial charge on any atom is -0.480 e. The number of hydrogen-bond donors (Lipinski definition) is 1. The zero-order valence-corrected chi connectivity index (χ0v) is 7.27. The van der Waals surface area contributed by atoms with E-state index in [0.29, 0.717) is 19.4 Å². The van der Waals surface area contributed by atoms with Crippen LogP contribution in [0.3, 0.4) is 0 Å². The maximum Gasteiger partial charge on any atom is 0.328 e. The number of aliphatic carboxylic acids is 1. The molecule has 0 spiro atoms. The Bertz CT molecular complexity index is 254. The standard InChI is InChI=1S/C8H12N2O3/c11-7-3-5-9-4-1-2-6(8(12)13)10(7)9/h6H,1-5H2,(H,12,13). The molecule has 1 amide bonds. The minimum atomic E-state index is -0.889. The van der Waals surface area contributed by atoms with Crippen LogP contribution in [0, 0.1) is 0 Å². The molecule has 1 unspecified atom stereocenters. The summed E-state index contributed by atoms with van der Waals surface area (Å²) >= 11 is 0. The average molecular weight is 184 g/mol. The molecule has 0 radical (unpaired) electrons. The van der Waals surface area contributed by atoms with Crippen LogP contribution in [0.25, 0.3) is 0 Å². The third-order valence-corrected chi connectivity index (χ3v) is 2.62. The van der Waals surface area contributed by atoms with E-state index in [2.05, 4.69) is 0 Å². The smallest absolute Gasteiger partial charge is 0.328 e. The number of carboxylic acids is 1. The van der Waals surface area contributed by atoms with E-state index >= 15 is 0 Å². The number of carbonyl (C=O) groups is 2. The average Bonchev–Trinajstić information content (AvgIpc) is 2.48. The second-order valence-corrected chi connectivity index (χ2v) is 3.44. The van der Waals surface area contributed by atoms with Crippen LogP contribution in [0.5, 0.6) is 0 Å². The van der Waals surface area contributed by atoms with Crippen LogP contribution in [0.4, 0.5) is 0 Å². The molecule has 5 nitrogen and oxygen atoms in total. The topological polar surface area (TPSA) is 60.9 Å². The first-order chi connectivity index (χ1) is 6.20. The fraction of sp³-hybridized carbons (Fsp3) is 0.750. The van der Waals surface area contributed by atoms with Gasteiger partial charge < -0.3 is 5.11 Å². The summed E-state index contributed by atoms with van der Waals surface area (Å²) in [6.45, 7) is 1.50. The van der Waals surface area contributed by atoms with Crippen molar-refractivity contribution in [1.29, 1.82) is 0 Å². The molecule has 0 aromatic rings. The van der Waals surface area contributed by atoms with Gasteiger partial charge in [-0.25, -0.2) is 9.80 Å². The Kier molecular flexibility index (Phi) is 1.95. The molecule has 2 aliphatic heterocycles. The minimum absolute atomic E-state index is 0.0490. The Hall–Kier alpha value is -1.10. The van der Waals surface area contributed by atoms with Crippen molar-refractivity contribution < 1.29 is 14.7 Å². The van der Waals surface area contributed by atoms with Gasteiger partial charge in [0.1, 0.15) is 6.04 Å².